The summed E-state index contributed by atoms with van der Waals surface area (Å²) in [5.74, 6) is 0.275. The van der Waals surface area contributed by atoms with Crippen molar-refractivity contribution in [2.45, 2.75) is 13.8 Å². The first-order valence-corrected chi connectivity index (χ1v) is 9.09. The molecule has 1 fully saturated rings. The molecule has 140 valence electrons. The molecule has 0 amide bonds. The van der Waals surface area contributed by atoms with Crippen molar-refractivity contribution < 1.29 is 9.13 Å². The summed E-state index contributed by atoms with van der Waals surface area (Å²) in [5.41, 5.74) is 3.35. The molecule has 0 unspecified atom stereocenters. The zero-order chi connectivity index (χ0) is 19.0. The van der Waals surface area contributed by atoms with Crippen LogP contribution in [0.3, 0.4) is 0 Å². The van der Waals surface area contributed by atoms with Gasteiger partial charge in [0, 0.05) is 29.4 Å². The molecule has 27 heavy (non-hydrogen) atoms. The van der Waals surface area contributed by atoms with Crippen molar-refractivity contribution >= 4 is 17.4 Å². The fourth-order valence-electron chi connectivity index (χ4n) is 3.23. The summed E-state index contributed by atoms with van der Waals surface area (Å²) in [6, 6.07) is 7.41. The maximum atomic E-state index is 14.4. The van der Waals surface area contributed by atoms with Gasteiger partial charge in [-0.2, -0.15) is 5.10 Å². The third-order valence-corrected chi connectivity index (χ3v) is 4.71. The zero-order valence-electron chi connectivity index (χ0n) is 15.1. The van der Waals surface area contributed by atoms with Crippen LogP contribution in [0.25, 0.3) is 17.1 Å². The molecular weight excluding hydrogens is 369 g/mol. The number of anilines is 1. The maximum Gasteiger partial charge on any atom is 0.183 e. The van der Waals surface area contributed by atoms with Crippen LogP contribution < -0.4 is 4.90 Å². The molecule has 1 aliphatic rings. The van der Waals surface area contributed by atoms with Gasteiger partial charge in [-0.3, -0.25) is 0 Å². The number of nitrogens with zero attached hydrogens (tertiary/aromatic N) is 5. The fraction of sp³-hybridized carbons (Fsp3) is 0.316. The van der Waals surface area contributed by atoms with Gasteiger partial charge in [-0.25, -0.2) is 19.0 Å². The minimum absolute atomic E-state index is 0.289. The van der Waals surface area contributed by atoms with Crippen molar-refractivity contribution in [3.63, 3.8) is 0 Å². The van der Waals surface area contributed by atoms with E-state index >= 15 is 0 Å². The van der Waals surface area contributed by atoms with Crippen molar-refractivity contribution in [2.75, 3.05) is 31.2 Å². The second-order valence-electron chi connectivity index (χ2n) is 6.46. The Balaban J connectivity index is 1.83. The molecule has 0 aliphatic carbocycles. The smallest absolute Gasteiger partial charge is 0.183 e. The lowest BCUT2D eigenvalue weighted by molar-refractivity contribution is 0.122. The van der Waals surface area contributed by atoms with Gasteiger partial charge in [0.25, 0.3) is 0 Å². The van der Waals surface area contributed by atoms with Crippen LogP contribution in [0.15, 0.2) is 30.5 Å². The lowest BCUT2D eigenvalue weighted by atomic mass is 10.1. The predicted octanol–water partition coefficient (Wildman–Crippen LogP) is 3.58. The Kier molecular flexibility index (Phi) is 4.80. The van der Waals surface area contributed by atoms with Crippen molar-refractivity contribution in [3.8, 4) is 17.1 Å². The summed E-state index contributed by atoms with van der Waals surface area (Å²) >= 11 is 6.23. The molecule has 6 nitrogen and oxygen atoms in total. The molecule has 0 radical (unpaired) electrons. The topological polar surface area (TPSA) is 56.1 Å². The molecule has 0 saturated carbocycles. The molecule has 0 N–H and O–H groups in total. The van der Waals surface area contributed by atoms with Crippen molar-refractivity contribution in [1.29, 1.82) is 0 Å². The minimum Gasteiger partial charge on any atom is -0.378 e. The van der Waals surface area contributed by atoms with E-state index in [2.05, 4.69) is 15.1 Å². The van der Waals surface area contributed by atoms with E-state index in [1.54, 1.807) is 10.7 Å². The van der Waals surface area contributed by atoms with Gasteiger partial charge in [-0.15, -0.1) is 0 Å². The number of ether oxygens (including phenoxy) is 1. The van der Waals surface area contributed by atoms with Gasteiger partial charge in [-0.05, 0) is 38.1 Å². The van der Waals surface area contributed by atoms with E-state index in [-0.39, 0.29) is 5.82 Å². The largest absolute Gasteiger partial charge is 0.378 e. The first-order valence-electron chi connectivity index (χ1n) is 8.72. The molecule has 1 saturated heterocycles. The summed E-state index contributed by atoms with van der Waals surface area (Å²) in [5, 5.41) is 5.12. The highest BCUT2D eigenvalue weighted by molar-refractivity contribution is 6.30. The summed E-state index contributed by atoms with van der Waals surface area (Å²) in [4.78, 5) is 10.6. The molecule has 3 aromatic rings. The van der Waals surface area contributed by atoms with Gasteiger partial charge < -0.3 is 9.64 Å². The average Bonchev–Trinajstić information content (AvgIpc) is 3.01. The Bertz CT molecular complexity index is 984. The second kappa shape index (κ2) is 7.25. The summed E-state index contributed by atoms with van der Waals surface area (Å²) in [7, 11) is 0. The Morgan fingerprint density at radius 2 is 1.93 bits per heavy atom. The summed E-state index contributed by atoms with van der Waals surface area (Å²) in [6.45, 7) is 6.19. The second-order valence-corrected chi connectivity index (χ2v) is 6.90. The van der Waals surface area contributed by atoms with E-state index in [4.69, 9.17) is 16.3 Å². The van der Waals surface area contributed by atoms with Crippen LogP contribution in [-0.2, 0) is 4.74 Å². The van der Waals surface area contributed by atoms with Gasteiger partial charge in [-0.1, -0.05) is 11.6 Å². The zero-order valence-corrected chi connectivity index (χ0v) is 15.9. The average molecular weight is 388 g/mol. The van der Waals surface area contributed by atoms with Crippen LogP contribution in [0.2, 0.25) is 5.02 Å². The molecule has 4 rings (SSSR count). The molecule has 2 aromatic heterocycles. The normalized spacial score (nSPS) is 14.6. The fourth-order valence-corrected chi connectivity index (χ4v) is 3.39. The Morgan fingerprint density at radius 1 is 1.15 bits per heavy atom. The number of benzene rings is 1. The van der Waals surface area contributed by atoms with E-state index in [1.165, 1.54) is 6.20 Å². The van der Waals surface area contributed by atoms with Crippen LogP contribution in [0.5, 0.6) is 0 Å². The number of morpholine rings is 1. The van der Waals surface area contributed by atoms with Crippen LogP contribution in [-0.4, -0.2) is 46.1 Å². The van der Waals surface area contributed by atoms with E-state index in [9.17, 15) is 4.39 Å². The minimum atomic E-state index is -0.442. The van der Waals surface area contributed by atoms with E-state index in [1.807, 2.05) is 36.9 Å². The lowest BCUT2D eigenvalue weighted by Crippen LogP contribution is -2.37. The number of halogens is 2. The standard InChI is InChI=1S/C19H19ClFN5O/c1-12-9-13(2)26(24-12)17-10-14(20)3-4-15(17)18-22-11-16(21)19(23-18)25-5-7-27-8-6-25/h3-4,9-11H,5-8H2,1-2H3. The van der Waals surface area contributed by atoms with E-state index in [0.29, 0.717) is 37.2 Å². The van der Waals surface area contributed by atoms with Crippen molar-refractivity contribution in [3.05, 3.63) is 52.7 Å². The third kappa shape index (κ3) is 3.52. The third-order valence-electron chi connectivity index (χ3n) is 4.47. The lowest BCUT2D eigenvalue weighted by Gasteiger charge is -2.28. The molecule has 8 heteroatoms. The first-order chi connectivity index (χ1) is 13.0. The summed E-state index contributed by atoms with van der Waals surface area (Å²) < 4.78 is 21.5. The highest BCUT2D eigenvalue weighted by Crippen LogP contribution is 2.30. The Labute approximate surface area is 161 Å². The van der Waals surface area contributed by atoms with Gasteiger partial charge in [0.15, 0.2) is 17.5 Å². The maximum absolute atomic E-state index is 14.4. The van der Waals surface area contributed by atoms with Crippen molar-refractivity contribution in [1.82, 2.24) is 19.7 Å². The first kappa shape index (κ1) is 17.9. The molecule has 1 aliphatic heterocycles. The highest BCUT2D eigenvalue weighted by atomic mass is 35.5. The molecule has 3 heterocycles. The Hall–Kier alpha value is -2.51. The quantitative estimate of drug-likeness (QED) is 0.687. The van der Waals surface area contributed by atoms with Gasteiger partial charge in [0.2, 0.25) is 0 Å². The Morgan fingerprint density at radius 3 is 2.63 bits per heavy atom. The highest BCUT2D eigenvalue weighted by Gasteiger charge is 2.20. The van der Waals surface area contributed by atoms with Gasteiger partial charge in [0.05, 0.1) is 30.8 Å². The summed E-state index contributed by atoms with van der Waals surface area (Å²) in [6.07, 6.45) is 1.21. The van der Waals surface area contributed by atoms with E-state index in [0.717, 1.165) is 22.6 Å². The number of aryl methyl sites for hydroxylation is 2. The monoisotopic (exact) mass is 387 g/mol. The molecule has 0 bridgehead atoms. The van der Waals surface area contributed by atoms with Gasteiger partial charge in [0.1, 0.15) is 0 Å². The van der Waals surface area contributed by atoms with Crippen LogP contribution >= 0.6 is 11.6 Å². The molecular formula is C19H19ClFN5O. The van der Waals surface area contributed by atoms with Crippen LogP contribution in [0.1, 0.15) is 11.4 Å². The number of rotatable bonds is 3. The van der Waals surface area contributed by atoms with E-state index < -0.39 is 5.82 Å². The SMILES string of the molecule is Cc1cc(C)n(-c2cc(Cl)ccc2-c2ncc(F)c(N3CCOCC3)n2)n1. The van der Waals surface area contributed by atoms with Crippen LogP contribution in [0, 0.1) is 19.7 Å². The van der Waals surface area contributed by atoms with Crippen molar-refractivity contribution in [2.24, 2.45) is 0 Å². The molecule has 0 spiro atoms. The van der Waals surface area contributed by atoms with Crippen LogP contribution in [0.4, 0.5) is 10.2 Å². The number of hydrogen-bond donors (Lipinski definition) is 0. The number of aromatic nitrogens is 4. The molecule has 1 aromatic carbocycles. The number of hydrogen-bond acceptors (Lipinski definition) is 5. The molecule has 0 atom stereocenters. The van der Waals surface area contributed by atoms with Gasteiger partial charge >= 0.3 is 0 Å². The predicted molar refractivity (Wildman–Crippen MR) is 102 cm³/mol.